The molecular formula is C11H10F3N3OS. The first-order chi connectivity index (χ1) is 8.98. The summed E-state index contributed by atoms with van der Waals surface area (Å²) in [6.07, 6.45) is -5.58. The molecular weight excluding hydrogens is 279 g/mol. The molecule has 0 radical (unpaired) electrons. The van der Waals surface area contributed by atoms with Gasteiger partial charge in [-0.3, -0.25) is 4.57 Å². The maximum atomic E-state index is 12.2. The number of hydrogen-bond donors (Lipinski definition) is 1. The first-order valence-electron chi connectivity index (χ1n) is 5.31. The molecule has 0 unspecified atom stereocenters. The van der Waals surface area contributed by atoms with Gasteiger partial charge in [-0.2, -0.15) is 13.2 Å². The number of halogens is 3. The maximum Gasteiger partial charge on any atom is 0.415 e. The SMILES string of the molecule is O[C@@H](CSc1nncn1-c1ccccc1)C(F)(F)F. The second kappa shape index (κ2) is 5.62. The molecule has 0 spiro atoms. The molecule has 0 aliphatic carbocycles. The van der Waals surface area contributed by atoms with Crippen molar-refractivity contribution in [2.45, 2.75) is 17.4 Å². The van der Waals surface area contributed by atoms with E-state index in [-0.39, 0.29) is 0 Å². The zero-order valence-electron chi connectivity index (χ0n) is 9.58. The Kier molecular flexibility index (Phi) is 4.11. The predicted octanol–water partition coefficient (Wildman–Crippen LogP) is 2.28. The standard InChI is InChI=1S/C11H10F3N3OS/c12-11(13,14)9(18)6-19-10-16-15-7-17(10)8-4-2-1-3-5-8/h1-5,7,9,18H,6H2/t9-/m0/s1. The third-order valence-corrected chi connectivity index (χ3v) is 3.32. The summed E-state index contributed by atoms with van der Waals surface area (Å²) in [6, 6.07) is 9.00. The summed E-state index contributed by atoms with van der Waals surface area (Å²) in [4.78, 5) is 0. The van der Waals surface area contributed by atoms with Gasteiger partial charge in [-0.05, 0) is 12.1 Å². The van der Waals surface area contributed by atoms with Crippen LogP contribution in [0.2, 0.25) is 0 Å². The van der Waals surface area contributed by atoms with E-state index in [4.69, 9.17) is 5.11 Å². The molecule has 8 heteroatoms. The largest absolute Gasteiger partial charge is 0.415 e. The van der Waals surface area contributed by atoms with Crippen LogP contribution in [0.3, 0.4) is 0 Å². The molecule has 1 atom stereocenters. The molecule has 0 amide bonds. The van der Waals surface area contributed by atoms with E-state index in [9.17, 15) is 13.2 Å². The normalized spacial score (nSPS) is 13.5. The van der Waals surface area contributed by atoms with Gasteiger partial charge in [0, 0.05) is 11.4 Å². The van der Waals surface area contributed by atoms with Crippen molar-refractivity contribution in [1.29, 1.82) is 0 Å². The van der Waals surface area contributed by atoms with Gasteiger partial charge >= 0.3 is 6.18 Å². The highest BCUT2D eigenvalue weighted by molar-refractivity contribution is 7.99. The van der Waals surface area contributed by atoms with E-state index in [0.29, 0.717) is 5.16 Å². The lowest BCUT2D eigenvalue weighted by Crippen LogP contribution is -2.30. The van der Waals surface area contributed by atoms with E-state index in [1.54, 1.807) is 28.8 Å². The van der Waals surface area contributed by atoms with Gasteiger partial charge in [0.1, 0.15) is 6.33 Å². The summed E-state index contributed by atoms with van der Waals surface area (Å²) in [7, 11) is 0. The van der Waals surface area contributed by atoms with Crippen molar-refractivity contribution in [2.24, 2.45) is 0 Å². The number of aliphatic hydroxyl groups excluding tert-OH is 1. The second-order valence-electron chi connectivity index (χ2n) is 3.69. The van der Waals surface area contributed by atoms with E-state index >= 15 is 0 Å². The Morgan fingerprint density at radius 3 is 2.58 bits per heavy atom. The Morgan fingerprint density at radius 1 is 1.26 bits per heavy atom. The third-order valence-electron chi connectivity index (χ3n) is 2.30. The molecule has 1 heterocycles. The highest BCUT2D eigenvalue weighted by atomic mass is 32.2. The lowest BCUT2D eigenvalue weighted by atomic mass is 10.3. The Bertz CT molecular complexity index is 529. The van der Waals surface area contributed by atoms with Crippen LogP contribution in [0.5, 0.6) is 0 Å². The molecule has 1 aromatic carbocycles. The van der Waals surface area contributed by atoms with Crippen LogP contribution in [-0.4, -0.2) is 37.9 Å². The summed E-state index contributed by atoms with van der Waals surface area (Å²) >= 11 is 0.803. The average Bonchev–Trinajstić information content (AvgIpc) is 2.84. The van der Waals surface area contributed by atoms with Crippen molar-refractivity contribution in [3.05, 3.63) is 36.7 Å². The minimum atomic E-state index is -4.62. The van der Waals surface area contributed by atoms with Crippen molar-refractivity contribution in [2.75, 3.05) is 5.75 Å². The number of hydrogen-bond acceptors (Lipinski definition) is 4. The number of aliphatic hydroxyl groups is 1. The topological polar surface area (TPSA) is 50.9 Å². The molecule has 19 heavy (non-hydrogen) atoms. The molecule has 0 bridgehead atoms. The second-order valence-corrected chi connectivity index (χ2v) is 4.67. The fourth-order valence-electron chi connectivity index (χ4n) is 1.34. The molecule has 4 nitrogen and oxygen atoms in total. The lowest BCUT2D eigenvalue weighted by Gasteiger charge is -2.13. The van der Waals surface area contributed by atoms with Crippen molar-refractivity contribution >= 4 is 11.8 Å². The molecule has 0 saturated carbocycles. The van der Waals surface area contributed by atoms with E-state index in [0.717, 1.165) is 17.4 Å². The minimum Gasteiger partial charge on any atom is -0.383 e. The Balaban J connectivity index is 2.09. The van der Waals surface area contributed by atoms with E-state index in [2.05, 4.69) is 10.2 Å². The van der Waals surface area contributed by atoms with Crippen molar-refractivity contribution in [3.8, 4) is 5.69 Å². The monoisotopic (exact) mass is 289 g/mol. The first kappa shape index (κ1) is 13.9. The molecule has 2 aromatic rings. The molecule has 1 aromatic heterocycles. The van der Waals surface area contributed by atoms with Crippen LogP contribution in [0.15, 0.2) is 41.8 Å². The van der Waals surface area contributed by atoms with Gasteiger partial charge in [-0.25, -0.2) is 0 Å². The van der Waals surface area contributed by atoms with Gasteiger partial charge in [0.05, 0.1) is 0 Å². The molecule has 0 fully saturated rings. The number of nitrogens with zero attached hydrogens (tertiary/aromatic N) is 3. The van der Waals surface area contributed by atoms with Crippen LogP contribution in [0.4, 0.5) is 13.2 Å². The van der Waals surface area contributed by atoms with Crippen LogP contribution < -0.4 is 0 Å². The quantitative estimate of drug-likeness (QED) is 0.877. The number of rotatable bonds is 4. The third kappa shape index (κ3) is 3.48. The fraction of sp³-hybridized carbons (Fsp3) is 0.273. The fourth-order valence-corrected chi connectivity index (χ4v) is 2.23. The summed E-state index contributed by atoms with van der Waals surface area (Å²) in [5.41, 5.74) is 0.747. The number of benzene rings is 1. The summed E-state index contributed by atoms with van der Waals surface area (Å²) < 4.78 is 38.1. The van der Waals surface area contributed by atoms with Crippen LogP contribution in [0.1, 0.15) is 0 Å². The molecule has 102 valence electrons. The first-order valence-corrected chi connectivity index (χ1v) is 6.30. The van der Waals surface area contributed by atoms with E-state index in [1.807, 2.05) is 6.07 Å². The summed E-state index contributed by atoms with van der Waals surface area (Å²) in [5.74, 6) is -0.519. The smallest absolute Gasteiger partial charge is 0.383 e. The van der Waals surface area contributed by atoms with Gasteiger partial charge in [-0.1, -0.05) is 30.0 Å². The van der Waals surface area contributed by atoms with Crippen LogP contribution in [0, 0.1) is 0 Å². The van der Waals surface area contributed by atoms with E-state index in [1.165, 1.54) is 6.33 Å². The average molecular weight is 289 g/mol. The molecule has 0 saturated heterocycles. The number of thioether (sulfide) groups is 1. The maximum absolute atomic E-state index is 12.2. The summed E-state index contributed by atoms with van der Waals surface area (Å²) in [6.45, 7) is 0. The number of para-hydroxylation sites is 1. The molecule has 0 aliphatic rings. The highest BCUT2D eigenvalue weighted by Crippen LogP contribution is 2.26. The van der Waals surface area contributed by atoms with E-state index < -0.39 is 18.0 Å². The predicted molar refractivity (Wildman–Crippen MR) is 64.1 cm³/mol. The van der Waals surface area contributed by atoms with Gasteiger partial charge < -0.3 is 5.11 Å². The molecule has 1 N–H and O–H groups in total. The van der Waals surface area contributed by atoms with Gasteiger partial charge in [0.2, 0.25) is 0 Å². The lowest BCUT2D eigenvalue weighted by molar-refractivity contribution is -0.195. The van der Waals surface area contributed by atoms with Crippen LogP contribution in [-0.2, 0) is 0 Å². The molecule has 2 rings (SSSR count). The van der Waals surface area contributed by atoms with Gasteiger partial charge in [-0.15, -0.1) is 10.2 Å². The Hall–Kier alpha value is -1.54. The Labute approximate surface area is 111 Å². The van der Waals surface area contributed by atoms with Gasteiger partial charge in [0.15, 0.2) is 11.3 Å². The zero-order chi connectivity index (χ0) is 13.9. The molecule has 0 aliphatic heterocycles. The van der Waals surface area contributed by atoms with Gasteiger partial charge in [0.25, 0.3) is 0 Å². The van der Waals surface area contributed by atoms with Crippen molar-refractivity contribution in [3.63, 3.8) is 0 Å². The number of alkyl halides is 3. The highest BCUT2D eigenvalue weighted by Gasteiger charge is 2.38. The number of aromatic nitrogens is 3. The van der Waals surface area contributed by atoms with Crippen molar-refractivity contribution in [1.82, 2.24) is 14.8 Å². The van der Waals surface area contributed by atoms with Crippen LogP contribution in [0.25, 0.3) is 5.69 Å². The zero-order valence-corrected chi connectivity index (χ0v) is 10.4. The van der Waals surface area contributed by atoms with Crippen LogP contribution >= 0.6 is 11.8 Å². The Morgan fingerprint density at radius 2 is 1.95 bits per heavy atom. The summed E-state index contributed by atoms with van der Waals surface area (Å²) in [5, 5.41) is 16.7. The van der Waals surface area contributed by atoms with Crippen molar-refractivity contribution < 1.29 is 18.3 Å². The minimum absolute atomic E-state index is 0.300.